The number of morpholine rings is 1. The van der Waals surface area contributed by atoms with E-state index in [0.717, 1.165) is 69.2 Å². The summed E-state index contributed by atoms with van der Waals surface area (Å²) in [6.07, 6.45) is 1.67. The van der Waals surface area contributed by atoms with Crippen molar-refractivity contribution in [3.63, 3.8) is 0 Å². The molecule has 4 aromatic heterocycles. The third-order valence-corrected chi connectivity index (χ3v) is 9.10. The van der Waals surface area contributed by atoms with Gasteiger partial charge in [0, 0.05) is 34.3 Å². The first-order valence-electron chi connectivity index (χ1n) is 11.2. The zero-order valence-corrected chi connectivity index (χ0v) is 21.4. The molecule has 0 bridgehead atoms. The molecule has 6 nitrogen and oxygen atoms in total. The topological polar surface area (TPSA) is 64.0 Å². The number of nitrogens with zero attached hydrogens (tertiary/aromatic N) is 5. The van der Waals surface area contributed by atoms with E-state index < -0.39 is 0 Å². The minimum absolute atomic E-state index is 0.723. The lowest BCUT2D eigenvalue weighted by Crippen LogP contribution is -2.36. The smallest absolute Gasteiger partial charge is 0.145 e. The summed E-state index contributed by atoms with van der Waals surface area (Å²) in [6, 6.07) is 10.5. The third kappa shape index (κ3) is 4.12. The lowest BCUT2D eigenvalue weighted by atomic mass is 10.1. The van der Waals surface area contributed by atoms with Crippen molar-refractivity contribution in [2.75, 3.05) is 26.3 Å². The molecule has 1 aromatic carbocycles. The highest BCUT2D eigenvalue weighted by molar-refractivity contribution is 7.99. The molecule has 0 aliphatic carbocycles. The molecule has 34 heavy (non-hydrogen) atoms. The van der Waals surface area contributed by atoms with Gasteiger partial charge in [-0.25, -0.2) is 19.9 Å². The molecule has 6 rings (SSSR count). The minimum Gasteiger partial charge on any atom is -0.379 e. The quantitative estimate of drug-likeness (QED) is 0.273. The fourth-order valence-corrected chi connectivity index (χ4v) is 7.39. The van der Waals surface area contributed by atoms with Crippen LogP contribution in [0.25, 0.3) is 31.6 Å². The highest BCUT2D eigenvalue weighted by atomic mass is 32.2. The lowest BCUT2D eigenvalue weighted by molar-refractivity contribution is 0.0330. The summed E-state index contributed by atoms with van der Waals surface area (Å²) < 4.78 is 5.52. The third-order valence-electron chi connectivity index (χ3n) is 6.12. The minimum atomic E-state index is 0.723. The van der Waals surface area contributed by atoms with Gasteiger partial charge in [0.05, 0.1) is 25.1 Å². The molecule has 1 saturated heterocycles. The molecular weight excluding hydrogens is 483 g/mol. The normalized spacial score (nSPS) is 14.9. The summed E-state index contributed by atoms with van der Waals surface area (Å²) >= 11 is 5.04. The standard InChI is InChI=1S/C25H23N5OS3/c1-15-16(2)33-22-20(15)23(27-14-26-22)34-25-21-18(17-6-4-3-5-7-17)13-32-24(21)28-19(29-25)12-30-8-10-31-11-9-30/h3-7,13-14H,8-12H2,1-2H3. The van der Waals surface area contributed by atoms with Gasteiger partial charge in [0.15, 0.2) is 0 Å². The maximum absolute atomic E-state index is 5.52. The van der Waals surface area contributed by atoms with Gasteiger partial charge in [-0.3, -0.25) is 4.90 Å². The number of fused-ring (bicyclic) bond motifs is 2. The van der Waals surface area contributed by atoms with Crippen LogP contribution >= 0.6 is 34.4 Å². The van der Waals surface area contributed by atoms with E-state index in [1.54, 1.807) is 40.8 Å². The molecule has 0 spiro atoms. The van der Waals surface area contributed by atoms with Gasteiger partial charge in [-0.15, -0.1) is 22.7 Å². The summed E-state index contributed by atoms with van der Waals surface area (Å²) in [5, 5.41) is 6.34. The van der Waals surface area contributed by atoms with Crippen molar-refractivity contribution < 1.29 is 4.74 Å². The first-order chi connectivity index (χ1) is 16.7. The van der Waals surface area contributed by atoms with Crippen molar-refractivity contribution in [3.05, 3.63) is 58.3 Å². The van der Waals surface area contributed by atoms with Crippen LogP contribution in [0.4, 0.5) is 0 Å². The number of hydrogen-bond acceptors (Lipinski definition) is 9. The predicted molar refractivity (Wildman–Crippen MR) is 140 cm³/mol. The van der Waals surface area contributed by atoms with Crippen LogP contribution in [0, 0.1) is 13.8 Å². The first kappa shape index (κ1) is 22.1. The number of thiophene rings is 2. The second kappa shape index (κ2) is 9.31. The van der Waals surface area contributed by atoms with Crippen molar-refractivity contribution >= 4 is 54.9 Å². The summed E-state index contributed by atoms with van der Waals surface area (Å²) in [5.74, 6) is 0.849. The highest BCUT2D eigenvalue weighted by Crippen LogP contribution is 2.43. The van der Waals surface area contributed by atoms with Crippen LogP contribution in [0.1, 0.15) is 16.3 Å². The maximum atomic E-state index is 5.52. The molecule has 0 radical (unpaired) electrons. The van der Waals surface area contributed by atoms with Crippen LogP contribution in [0.3, 0.4) is 0 Å². The number of hydrogen-bond donors (Lipinski definition) is 0. The molecule has 0 atom stereocenters. The van der Waals surface area contributed by atoms with Crippen molar-refractivity contribution in [1.29, 1.82) is 0 Å². The Morgan fingerprint density at radius 2 is 1.79 bits per heavy atom. The Labute approximate surface area is 210 Å². The van der Waals surface area contributed by atoms with E-state index >= 15 is 0 Å². The van der Waals surface area contributed by atoms with Crippen molar-refractivity contribution in [1.82, 2.24) is 24.8 Å². The molecular formula is C25H23N5OS3. The van der Waals surface area contributed by atoms with E-state index in [9.17, 15) is 0 Å². The zero-order valence-electron chi connectivity index (χ0n) is 18.9. The lowest BCUT2D eigenvalue weighted by Gasteiger charge is -2.25. The zero-order chi connectivity index (χ0) is 23.1. The van der Waals surface area contributed by atoms with Crippen LogP contribution in [0.2, 0.25) is 0 Å². The number of rotatable bonds is 5. The van der Waals surface area contributed by atoms with Crippen LogP contribution < -0.4 is 0 Å². The second-order valence-corrected chi connectivity index (χ2v) is 11.3. The van der Waals surface area contributed by atoms with Crippen LogP contribution in [-0.2, 0) is 11.3 Å². The molecule has 1 fully saturated rings. The highest BCUT2D eigenvalue weighted by Gasteiger charge is 2.21. The Hall–Kier alpha value is -2.43. The van der Waals surface area contributed by atoms with E-state index in [2.05, 4.69) is 58.4 Å². The summed E-state index contributed by atoms with van der Waals surface area (Å²) in [6.45, 7) is 8.36. The first-order valence-corrected chi connectivity index (χ1v) is 13.7. The molecule has 1 aliphatic heterocycles. The fraction of sp³-hybridized carbons (Fsp3) is 0.280. The SMILES string of the molecule is Cc1sc2ncnc(Sc3nc(CN4CCOCC4)nc4scc(-c5ccccc5)c34)c2c1C. The molecule has 0 saturated carbocycles. The van der Waals surface area contributed by atoms with E-state index in [0.29, 0.717) is 0 Å². The van der Waals surface area contributed by atoms with Crippen LogP contribution in [0.15, 0.2) is 52.1 Å². The van der Waals surface area contributed by atoms with Gasteiger partial charge < -0.3 is 4.74 Å². The number of ether oxygens (including phenoxy) is 1. The van der Waals surface area contributed by atoms with E-state index in [1.165, 1.54) is 21.6 Å². The Morgan fingerprint density at radius 3 is 2.62 bits per heavy atom. The van der Waals surface area contributed by atoms with E-state index in [-0.39, 0.29) is 0 Å². The Kier molecular flexibility index (Phi) is 6.04. The van der Waals surface area contributed by atoms with Gasteiger partial charge in [-0.2, -0.15) is 0 Å². The summed E-state index contributed by atoms with van der Waals surface area (Å²) in [7, 11) is 0. The largest absolute Gasteiger partial charge is 0.379 e. The van der Waals surface area contributed by atoms with Gasteiger partial charge in [0.2, 0.25) is 0 Å². The monoisotopic (exact) mass is 505 g/mol. The van der Waals surface area contributed by atoms with E-state index in [4.69, 9.17) is 14.7 Å². The molecule has 172 valence electrons. The van der Waals surface area contributed by atoms with Crippen molar-refractivity contribution in [2.24, 2.45) is 0 Å². The number of aryl methyl sites for hydroxylation is 2. The predicted octanol–water partition coefficient (Wildman–Crippen LogP) is 5.96. The number of benzene rings is 1. The molecule has 9 heteroatoms. The molecule has 5 heterocycles. The molecule has 0 unspecified atom stereocenters. The average molecular weight is 506 g/mol. The van der Waals surface area contributed by atoms with Crippen LogP contribution in [0.5, 0.6) is 0 Å². The number of aromatic nitrogens is 4. The molecule has 0 N–H and O–H groups in total. The Bertz CT molecular complexity index is 1470. The Balaban J connectivity index is 1.49. The fourth-order valence-electron chi connectivity index (χ4n) is 4.21. The average Bonchev–Trinajstić information content (AvgIpc) is 3.42. The van der Waals surface area contributed by atoms with Gasteiger partial charge in [-0.05, 0) is 36.7 Å². The van der Waals surface area contributed by atoms with Gasteiger partial charge in [-0.1, -0.05) is 30.3 Å². The summed E-state index contributed by atoms with van der Waals surface area (Å²) in [4.78, 5) is 25.0. The van der Waals surface area contributed by atoms with Gasteiger partial charge in [0.1, 0.15) is 31.9 Å². The molecule has 5 aromatic rings. The maximum Gasteiger partial charge on any atom is 0.145 e. The molecule has 1 aliphatic rings. The van der Waals surface area contributed by atoms with Crippen molar-refractivity contribution in [2.45, 2.75) is 30.4 Å². The van der Waals surface area contributed by atoms with Gasteiger partial charge >= 0.3 is 0 Å². The molecule has 0 amide bonds. The van der Waals surface area contributed by atoms with Crippen molar-refractivity contribution in [3.8, 4) is 11.1 Å². The van der Waals surface area contributed by atoms with Gasteiger partial charge in [0.25, 0.3) is 0 Å². The van der Waals surface area contributed by atoms with E-state index in [1.807, 2.05) is 6.07 Å². The van der Waals surface area contributed by atoms with Crippen LogP contribution in [-0.4, -0.2) is 51.1 Å². The second-order valence-electron chi connectivity index (χ2n) is 8.27. The Morgan fingerprint density at radius 1 is 0.971 bits per heavy atom. The summed E-state index contributed by atoms with van der Waals surface area (Å²) in [5.41, 5.74) is 3.59.